The van der Waals surface area contributed by atoms with E-state index in [-0.39, 0.29) is 17.7 Å². The maximum atomic E-state index is 12.5. The Morgan fingerprint density at radius 2 is 1.77 bits per heavy atom. The van der Waals surface area contributed by atoms with Crippen LogP contribution in [0.1, 0.15) is 32.4 Å². The van der Waals surface area contributed by atoms with Crippen LogP contribution in [0.4, 0.5) is 0 Å². The summed E-state index contributed by atoms with van der Waals surface area (Å²) in [6.07, 6.45) is 0. The van der Waals surface area contributed by atoms with E-state index in [0.29, 0.717) is 5.92 Å². The molecule has 1 amide bonds. The molecule has 0 aliphatic rings. The molecule has 1 heterocycles. The van der Waals surface area contributed by atoms with Gasteiger partial charge in [-0.3, -0.25) is 4.79 Å². The van der Waals surface area contributed by atoms with Crippen molar-refractivity contribution in [3.05, 3.63) is 60.2 Å². The first-order valence-corrected chi connectivity index (χ1v) is 11.0. The van der Waals surface area contributed by atoms with Gasteiger partial charge in [-0.25, -0.2) is 0 Å². The fraction of sp³-hybridized carbons (Fsp3) is 0.348. The van der Waals surface area contributed by atoms with E-state index >= 15 is 0 Å². The highest BCUT2D eigenvalue weighted by Crippen LogP contribution is 2.26. The van der Waals surface area contributed by atoms with E-state index in [2.05, 4.69) is 33.9 Å². The maximum Gasteiger partial charge on any atom is 0.230 e. The smallest absolute Gasteiger partial charge is 0.230 e. The summed E-state index contributed by atoms with van der Waals surface area (Å²) in [5.74, 6) is 2.28. The standard InChI is InChI=1S/C23H28N4O2S/c1-16(2)14-27-22(19-10-12-20(29-4)13-11-19)25-26-23(27)30-15-21(28)24-17(3)18-8-6-5-7-9-18/h5-13,16-17H,14-15H2,1-4H3,(H,24,28)/t17-/m0/s1. The molecule has 0 saturated carbocycles. The van der Waals surface area contributed by atoms with Crippen molar-refractivity contribution in [2.75, 3.05) is 12.9 Å². The Kier molecular flexibility index (Phi) is 7.52. The zero-order valence-corrected chi connectivity index (χ0v) is 18.6. The van der Waals surface area contributed by atoms with Crippen molar-refractivity contribution in [2.45, 2.75) is 38.5 Å². The number of ether oxygens (including phenoxy) is 1. The average molecular weight is 425 g/mol. The SMILES string of the molecule is COc1ccc(-c2nnc(SCC(=O)N[C@@H](C)c3ccccc3)n2CC(C)C)cc1. The monoisotopic (exact) mass is 424 g/mol. The van der Waals surface area contributed by atoms with Crippen molar-refractivity contribution in [2.24, 2.45) is 5.92 Å². The Bertz CT molecular complexity index is 955. The number of hydrogen-bond donors (Lipinski definition) is 1. The first-order chi connectivity index (χ1) is 14.5. The average Bonchev–Trinajstić information content (AvgIpc) is 3.14. The van der Waals surface area contributed by atoms with Gasteiger partial charge in [0.05, 0.1) is 18.9 Å². The lowest BCUT2D eigenvalue weighted by atomic mass is 10.1. The topological polar surface area (TPSA) is 69.0 Å². The molecule has 0 aliphatic carbocycles. The fourth-order valence-electron chi connectivity index (χ4n) is 3.12. The van der Waals surface area contributed by atoms with Gasteiger partial charge >= 0.3 is 0 Å². The summed E-state index contributed by atoms with van der Waals surface area (Å²) in [6.45, 7) is 7.07. The Morgan fingerprint density at radius 1 is 1.07 bits per heavy atom. The van der Waals surface area contributed by atoms with Gasteiger partial charge in [0.25, 0.3) is 0 Å². The van der Waals surface area contributed by atoms with E-state index in [1.54, 1.807) is 7.11 Å². The molecule has 7 heteroatoms. The van der Waals surface area contributed by atoms with Gasteiger partial charge in [-0.15, -0.1) is 10.2 Å². The van der Waals surface area contributed by atoms with Crippen LogP contribution in [0.15, 0.2) is 59.8 Å². The predicted octanol–water partition coefficient (Wildman–Crippen LogP) is 4.58. The number of nitrogens with zero attached hydrogens (tertiary/aromatic N) is 3. The zero-order valence-electron chi connectivity index (χ0n) is 17.8. The molecular formula is C23H28N4O2S. The summed E-state index contributed by atoms with van der Waals surface area (Å²) in [5, 5.41) is 12.6. The van der Waals surface area contributed by atoms with Crippen LogP contribution in [0.25, 0.3) is 11.4 Å². The van der Waals surface area contributed by atoms with E-state index in [9.17, 15) is 4.79 Å². The van der Waals surface area contributed by atoms with E-state index in [1.165, 1.54) is 11.8 Å². The first-order valence-electron chi connectivity index (χ1n) is 10.0. The van der Waals surface area contributed by atoms with Crippen molar-refractivity contribution in [1.82, 2.24) is 20.1 Å². The number of thioether (sulfide) groups is 1. The van der Waals surface area contributed by atoms with Crippen molar-refractivity contribution in [1.29, 1.82) is 0 Å². The molecule has 3 aromatic rings. The molecule has 0 radical (unpaired) electrons. The van der Waals surface area contributed by atoms with Crippen LogP contribution in [-0.2, 0) is 11.3 Å². The Balaban J connectivity index is 1.70. The number of methoxy groups -OCH3 is 1. The molecule has 0 spiro atoms. The number of benzene rings is 2. The molecular weight excluding hydrogens is 396 g/mol. The lowest BCUT2D eigenvalue weighted by Gasteiger charge is -2.15. The Labute approximate surface area is 182 Å². The van der Waals surface area contributed by atoms with Crippen molar-refractivity contribution in [3.8, 4) is 17.1 Å². The summed E-state index contributed by atoms with van der Waals surface area (Å²) in [4.78, 5) is 12.5. The van der Waals surface area contributed by atoms with Crippen LogP contribution in [0.2, 0.25) is 0 Å². The van der Waals surface area contributed by atoms with Gasteiger partial charge in [0.1, 0.15) is 5.75 Å². The number of hydrogen-bond acceptors (Lipinski definition) is 5. The van der Waals surface area contributed by atoms with Gasteiger partial charge in [-0.1, -0.05) is 55.9 Å². The molecule has 158 valence electrons. The molecule has 6 nitrogen and oxygen atoms in total. The van der Waals surface area contributed by atoms with Gasteiger partial charge in [0, 0.05) is 12.1 Å². The molecule has 0 unspecified atom stereocenters. The van der Waals surface area contributed by atoms with Gasteiger partial charge in [-0.2, -0.15) is 0 Å². The number of rotatable bonds is 9. The maximum absolute atomic E-state index is 12.5. The summed E-state index contributed by atoms with van der Waals surface area (Å²) in [7, 11) is 1.65. The molecule has 1 N–H and O–H groups in total. The molecule has 30 heavy (non-hydrogen) atoms. The second-order valence-electron chi connectivity index (χ2n) is 7.53. The van der Waals surface area contributed by atoms with Crippen LogP contribution in [0.3, 0.4) is 0 Å². The summed E-state index contributed by atoms with van der Waals surface area (Å²) >= 11 is 1.41. The highest BCUT2D eigenvalue weighted by Gasteiger charge is 2.17. The lowest BCUT2D eigenvalue weighted by molar-refractivity contribution is -0.119. The fourth-order valence-corrected chi connectivity index (χ4v) is 3.88. The number of carbonyl (C=O) groups excluding carboxylic acids is 1. The van der Waals surface area contributed by atoms with E-state index in [1.807, 2.05) is 61.5 Å². The minimum Gasteiger partial charge on any atom is -0.497 e. The number of amides is 1. The van der Waals surface area contributed by atoms with Crippen LogP contribution in [0, 0.1) is 5.92 Å². The molecule has 0 bridgehead atoms. The van der Waals surface area contributed by atoms with E-state index < -0.39 is 0 Å². The van der Waals surface area contributed by atoms with Gasteiger partial charge < -0.3 is 14.6 Å². The van der Waals surface area contributed by atoms with Crippen molar-refractivity contribution in [3.63, 3.8) is 0 Å². The highest BCUT2D eigenvalue weighted by atomic mass is 32.2. The van der Waals surface area contributed by atoms with Crippen LogP contribution in [-0.4, -0.2) is 33.5 Å². The summed E-state index contributed by atoms with van der Waals surface area (Å²) in [5.41, 5.74) is 2.05. The molecule has 1 atom stereocenters. The van der Waals surface area contributed by atoms with Crippen LogP contribution >= 0.6 is 11.8 Å². The summed E-state index contributed by atoms with van der Waals surface area (Å²) < 4.78 is 7.33. The summed E-state index contributed by atoms with van der Waals surface area (Å²) in [6, 6.07) is 17.7. The van der Waals surface area contributed by atoms with Gasteiger partial charge in [0.2, 0.25) is 5.91 Å². The third kappa shape index (κ3) is 5.63. The number of aromatic nitrogens is 3. The first kappa shape index (κ1) is 21.9. The van der Waals surface area contributed by atoms with Crippen LogP contribution in [0.5, 0.6) is 5.75 Å². The highest BCUT2D eigenvalue weighted by molar-refractivity contribution is 7.99. The van der Waals surface area contributed by atoms with Crippen molar-refractivity contribution >= 4 is 17.7 Å². The third-order valence-corrected chi connectivity index (χ3v) is 5.59. The number of nitrogens with one attached hydrogen (secondary N) is 1. The normalized spacial score (nSPS) is 12.0. The minimum absolute atomic E-state index is 0.0264. The van der Waals surface area contributed by atoms with Gasteiger partial charge in [-0.05, 0) is 42.7 Å². The zero-order chi connectivity index (χ0) is 21.5. The molecule has 3 rings (SSSR count). The molecule has 2 aromatic carbocycles. The Hall–Kier alpha value is -2.80. The van der Waals surface area contributed by atoms with E-state index in [4.69, 9.17) is 4.74 Å². The number of carbonyl (C=O) groups is 1. The van der Waals surface area contributed by atoms with Crippen molar-refractivity contribution < 1.29 is 9.53 Å². The molecule has 0 aliphatic heterocycles. The Morgan fingerprint density at radius 3 is 2.40 bits per heavy atom. The predicted molar refractivity (Wildman–Crippen MR) is 121 cm³/mol. The lowest BCUT2D eigenvalue weighted by Crippen LogP contribution is -2.28. The molecule has 1 aromatic heterocycles. The second kappa shape index (κ2) is 10.3. The van der Waals surface area contributed by atoms with Gasteiger partial charge in [0.15, 0.2) is 11.0 Å². The molecule has 0 fully saturated rings. The van der Waals surface area contributed by atoms with E-state index in [0.717, 1.165) is 34.4 Å². The minimum atomic E-state index is -0.0392. The van der Waals surface area contributed by atoms with Crippen LogP contribution < -0.4 is 10.1 Å². The second-order valence-corrected chi connectivity index (χ2v) is 8.47. The largest absolute Gasteiger partial charge is 0.497 e. The molecule has 0 saturated heterocycles. The third-order valence-electron chi connectivity index (χ3n) is 4.62. The quantitative estimate of drug-likeness (QED) is 0.509.